The summed E-state index contributed by atoms with van der Waals surface area (Å²) in [6.07, 6.45) is 3.41. The summed E-state index contributed by atoms with van der Waals surface area (Å²) >= 11 is 1.91. The Morgan fingerprint density at radius 2 is 2.07 bits per heavy atom. The fourth-order valence-corrected chi connectivity index (χ4v) is 1.81. The molecule has 14 heavy (non-hydrogen) atoms. The predicted octanol–water partition coefficient (Wildman–Crippen LogP) is 2.84. The molecule has 0 spiro atoms. The summed E-state index contributed by atoms with van der Waals surface area (Å²) in [7, 11) is 0. The fourth-order valence-electron chi connectivity index (χ4n) is 1.37. The van der Waals surface area contributed by atoms with Crippen molar-refractivity contribution in [1.82, 2.24) is 5.32 Å². The maximum absolute atomic E-state index is 3.46. The van der Waals surface area contributed by atoms with Gasteiger partial charge in [0.15, 0.2) is 0 Å². The Balaban J connectivity index is 2.21. The second kappa shape index (κ2) is 6.91. The molecule has 0 aliphatic heterocycles. The maximum Gasteiger partial charge on any atom is 0.0208 e. The van der Waals surface area contributed by atoms with Crippen LogP contribution in [0, 0.1) is 6.92 Å². The molecule has 1 rings (SSSR count). The summed E-state index contributed by atoms with van der Waals surface area (Å²) < 4.78 is 0. The van der Waals surface area contributed by atoms with Gasteiger partial charge in [-0.1, -0.05) is 24.3 Å². The van der Waals surface area contributed by atoms with Crippen LogP contribution < -0.4 is 5.32 Å². The van der Waals surface area contributed by atoms with Gasteiger partial charge in [-0.05, 0) is 43.0 Å². The van der Waals surface area contributed by atoms with Gasteiger partial charge in [0.25, 0.3) is 0 Å². The Bertz CT molecular complexity index is 260. The van der Waals surface area contributed by atoms with E-state index in [2.05, 4.69) is 42.8 Å². The highest BCUT2D eigenvalue weighted by atomic mass is 32.2. The second-order valence-electron chi connectivity index (χ2n) is 3.45. The molecule has 0 radical (unpaired) electrons. The molecule has 0 aliphatic rings. The zero-order valence-electron chi connectivity index (χ0n) is 9.05. The Labute approximate surface area is 91.3 Å². The van der Waals surface area contributed by atoms with E-state index < -0.39 is 0 Å². The molecular weight excluding hydrogens is 190 g/mol. The molecule has 1 aromatic carbocycles. The van der Waals surface area contributed by atoms with E-state index in [4.69, 9.17) is 0 Å². The average molecular weight is 209 g/mol. The third-order valence-electron chi connectivity index (χ3n) is 2.28. The summed E-state index contributed by atoms with van der Waals surface area (Å²) in [5, 5.41) is 3.46. The maximum atomic E-state index is 3.46. The zero-order chi connectivity index (χ0) is 10.2. The summed E-state index contributed by atoms with van der Waals surface area (Å²) in [5.74, 6) is 1.25. The normalized spacial score (nSPS) is 10.4. The molecule has 1 N–H and O–H groups in total. The lowest BCUT2D eigenvalue weighted by atomic mass is 10.1. The van der Waals surface area contributed by atoms with Gasteiger partial charge < -0.3 is 5.32 Å². The van der Waals surface area contributed by atoms with Gasteiger partial charge in [0, 0.05) is 6.54 Å². The van der Waals surface area contributed by atoms with E-state index in [1.807, 2.05) is 11.8 Å². The fraction of sp³-hybridized carbons (Fsp3) is 0.500. The Morgan fingerprint density at radius 3 is 2.79 bits per heavy atom. The number of hydrogen-bond donors (Lipinski definition) is 1. The highest BCUT2D eigenvalue weighted by Crippen LogP contribution is 2.05. The highest BCUT2D eigenvalue weighted by Gasteiger charge is 1.95. The van der Waals surface area contributed by atoms with Crippen LogP contribution in [0.2, 0.25) is 0 Å². The van der Waals surface area contributed by atoms with Crippen LogP contribution in [0.15, 0.2) is 24.3 Å². The SMILES string of the molecule is CSCCCNCc1ccccc1C. The molecule has 0 unspecified atom stereocenters. The van der Waals surface area contributed by atoms with E-state index in [1.165, 1.54) is 23.3 Å². The van der Waals surface area contributed by atoms with Crippen molar-refractivity contribution in [3.8, 4) is 0 Å². The van der Waals surface area contributed by atoms with E-state index in [0.29, 0.717) is 0 Å². The van der Waals surface area contributed by atoms with Gasteiger partial charge in [0.2, 0.25) is 0 Å². The van der Waals surface area contributed by atoms with Crippen molar-refractivity contribution >= 4 is 11.8 Å². The first-order chi connectivity index (χ1) is 6.84. The lowest BCUT2D eigenvalue weighted by Gasteiger charge is -2.06. The zero-order valence-corrected chi connectivity index (χ0v) is 9.86. The van der Waals surface area contributed by atoms with Crippen LogP contribution in [-0.4, -0.2) is 18.6 Å². The first kappa shape index (κ1) is 11.6. The molecule has 2 heteroatoms. The van der Waals surface area contributed by atoms with Crippen molar-refractivity contribution in [2.45, 2.75) is 19.9 Å². The molecule has 0 aromatic heterocycles. The lowest BCUT2D eigenvalue weighted by molar-refractivity contribution is 0.677. The quantitative estimate of drug-likeness (QED) is 0.723. The number of thioether (sulfide) groups is 1. The van der Waals surface area contributed by atoms with Crippen molar-refractivity contribution in [1.29, 1.82) is 0 Å². The topological polar surface area (TPSA) is 12.0 Å². The van der Waals surface area contributed by atoms with Crippen molar-refractivity contribution in [3.63, 3.8) is 0 Å². The Morgan fingerprint density at radius 1 is 1.29 bits per heavy atom. The molecule has 0 saturated carbocycles. The third-order valence-corrected chi connectivity index (χ3v) is 2.98. The molecule has 78 valence electrons. The molecule has 0 heterocycles. The van der Waals surface area contributed by atoms with Gasteiger partial charge in [-0.3, -0.25) is 0 Å². The summed E-state index contributed by atoms with van der Waals surface area (Å²) in [4.78, 5) is 0. The predicted molar refractivity (Wildman–Crippen MR) is 65.9 cm³/mol. The molecule has 0 amide bonds. The van der Waals surface area contributed by atoms with Crippen molar-refractivity contribution in [3.05, 3.63) is 35.4 Å². The van der Waals surface area contributed by atoms with E-state index in [-0.39, 0.29) is 0 Å². The van der Waals surface area contributed by atoms with Crippen LogP contribution in [0.5, 0.6) is 0 Å². The van der Waals surface area contributed by atoms with Crippen LogP contribution in [-0.2, 0) is 6.54 Å². The van der Waals surface area contributed by atoms with E-state index >= 15 is 0 Å². The van der Waals surface area contributed by atoms with Crippen LogP contribution in [0.3, 0.4) is 0 Å². The van der Waals surface area contributed by atoms with Crippen molar-refractivity contribution in [2.24, 2.45) is 0 Å². The first-order valence-electron chi connectivity index (χ1n) is 5.08. The summed E-state index contributed by atoms with van der Waals surface area (Å²) in [5.41, 5.74) is 2.79. The van der Waals surface area contributed by atoms with Crippen LogP contribution in [0.1, 0.15) is 17.5 Å². The molecule has 0 atom stereocenters. The van der Waals surface area contributed by atoms with Gasteiger partial charge in [0.1, 0.15) is 0 Å². The van der Waals surface area contributed by atoms with Crippen molar-refractivity contribution in [2.75, 3.05) is 18.6 Å². The molecule has 0 bridgehead atoms. The first-order valence-corrected chi connectivity index (χ1v) is 6.48. The number of aryl methyl sites for hydroxylation is 1. The highest BCUT2D eigenvalue weighted by molar-refractivity contribution is 7.98. The minimum Gasteiger partial charge on any atom is -0.313 e. The van der Waals surface area contributed by atoms with Crippen LogP contribution >= 0.6 is 11.8 Å². The minimum absolute atomic E-state index is 1.00. The molecule has 1 aromatic rings. The van der Waals surface area contributed by atoms with Gasteiger partial charge >= 0.3 is 0 Å². The van der Waals surface area contributed by atoms with Crippen molar-refractivity contribution < 1.29 is 0 Å². The monoisotopic (exact) mass is 209 g/mol. The van der Waals surface area contributed by atoms with E-state index in [1.54, 1.807) is 0 Å². The van der Waals surface area contributed by atoms with Gasteiger partial charge in [-0.15, -0.1) is 0 Å². The number of nitrogens with one attached hydrogen (secondary N) is 1. The second-order valence-corrected chi connectivity index (χ2v) is 4.44. The smallest absolute Gasteiger partial charge is 0.0208 e. The molecule has 0 fully saturated rings. The van der Waals surface area contributed by atoms with Crippen LogP contribution in [0.4, 0.5) is 0 Å². The van der Waals surface area contributed by atoms with Gasteiger partial charge in [-0.2, -0.15) is 11.8 Å². The van der Waals surface area contributed by atoms with E-state index in [0.717, 1.165) is 13.1 Å². The summed E-state index contributed by atoms with van der Waals surface area (Å²) in [6.45, 7) is 4.29. The molecule has 0 aliphatic carbocycles. The Kier molecular flexibility index (Phi) is 5.72. The largest absolute Gasteiger partial charge is 0.313 e. The molecule has 0 saturated heterocycles. The number of benzene rings is 1. The third kappa shape index (κ3) is 4.16. The van der Waals surface area contributed by atoms with Gasteiger partial charge in [-0.25, -0.2) is 0 Å². The Hall–Kier alpha value is -0.470. The number of hydrogen-bond acceptors (Lipinski definition) is 2. The molecule has 1 nitrogen and oxygen atoms in total. The van der Waals surface area contributed by atoms with E-state index in [9.17, 15) is 0 Å². The van der Waals surface area contributed by atoms with Gasteiger partial charge in [0.05, 0.1) is 0 Å². The number of rotatable bonds is 6. The molecular formula is C12H19NS. The minimum atomic E-state index is 1.00. The lowest BCUT2D eigenvalue weighted by Crippen LogP contribution is -2.15. The van der Waals surface area contributed by atoms with Crippen LogP contribution in [0.25, 0.3) is 0 Å². The summed E-state index contributed by atoms with van der Waals surface area (Å²) in [6, 6.07) is 8.55. The average Bonchev–Trinajstić information content (AvgIpc) is 2.20. The standard InChI is InChI=1S/C12H19NS/c1-11-6-3-4-7-12(11)10-13-8-5-9-14-2/h3-4,6-7,13H,5,8-10H2,1-2H3.